The van der Waals surface area contributed by atoms with E-state index in [0.717, 1.165) is 29.9 Å². The summed E-state index contributed by atoms with van der Waals surface area (Å²) >= 11 is 13.7. The normalized spacial score (nSPS) is 15.3. The van der Waals surface area contributed by atoms with Crippen molar-refractivity contribution in [2.24, 2.45) is 0 Å². The minimum Gasteiger partial charge on any atom is -0.378 e. The molecule has 0 amide bonds. The minimum atomic E-state index is -1.25. The van der Waals surface area contributed by atoms with Crippen molar-refractivity contribution in [2.75, 3.05) is 42.7 Å². The molecule has 0 saturated carbocycles. The lowest BCUT2D eigenvalue weighted by molar-refractivity contribution is 0.122. The summed E-state index contributed by atoms with van der Waals surface area (Å²) < 4.78 is 20.2. The first-order valence-electron chi connectivity index (χ1n) is 9.43. The Hall–Kier alpha value is -1.58. The Kier molecular flexibility index (Phi) is 7.32. The molecule has 4 rings (SSSR count). The summed E-state index contributed by atoms with van der Waals surface area (Å²) in [5, 5.41) is 10.6. The number of nitrogens with zero attached hydrogens (tertiary/aromatic N) is 4. The lowest BCUT2D eigenvalue weighted by atomic mass is 10.3. The van der Waals surface area contributed by atoms with E-state index in [4.69, 9.17) is 27.9 Å². The summed E-state index contributed by atoms with van der Waals surface area (Å²) in [5.41, 5.74) is 0.991. The van der Waals surface area contributed by atoms with Gasteiger partial charge in [0.05, 0.1) is 39.6 Å². The lowest BCUT2D eigenvalue weighted by Gasteiger charge is -2.27. The molecule has 1 unspecified atom stereocenters. The van der Waals surface area contributed by atoms with Gasteiger partial charge in [0.2, 0.25) is 5.95 Å². The van der Waals surface area contributed by atoms with E-state index in [-0.39, 0.29) is 0 Å². The van der Waals surface area contributed by atoms with Gasteiger partial charge < -0.3 is 9.64 Å². The van der Waals surface area contributed by atoms with Gasteiger partial charge in [-0.25, -0.2) is 0 Å². The van der Waals surface area contributed by atoms with Gasteiger partial charge in [0, 0.05) is 29.6 Å². The van der Waals surface area contributed by atoms with Crippen molar-refractivity contribution >= 4 is 51.7 Å². The lowest BCUT2D eigenvalue weighted by Crippen LogP contribution is -2.37. The molecule has 2 heterocycles. The monoisotopic (exact) mass is 482 g/mol. The van der Waals surface area contributed by atoms with Crippen LogP contribution >= 0.6 is 35.0 Å². The van der Waals surface area contributed by atoms with Crippen LogP contribution in [0.1, 0.15) is 0 Å². The zero-order valence-electron chi connectivity index (χ0n) is 16.0. The van der Waals surface area contributed by atoms with Crippen LogP contribution in [0.3, 0.4) is 0 Å². The Balaban J connectivity index is 1.52. The SMILES string of the molecule is O=S(CCSc1nnc(N2CCOCC2)n1-c1ccccc1)c1cc(Cl)ccc1Cl. The highest BCUT2D eigenvalue weighted by molar-refractivity contribution is 8.00. The Morgan fingerprint density at radius 1 is 1.07 bits per heavy atom. The number of benzene rings is 2. The maximum atomic E-state index is 12.7. The third-order valence-corrected chi connectivity index (χ3v) is 7.83. The van der Waals surface area contributed by atoms with Gasteiger partial charge in [-0.15, -0.1) is 10.2 Å². The van der Waals surface area contributed by atoms with E-state index in [2.05, 4.69) is 15.1 Å². The van der Waals surface area contributed by atoms with Gasteiger partial charge in [-0.1, -0.05) is 53.2 Å². The van der Waals surface area contributed by atoms with E-state index in [9.17, 15) is 4.21 Å². The van der Waals surface area contributed by atoms with Gasteiger partial charge in [0.1, 0.15) is 0 Å². The molecule has 0 aliphatic carbocycles. The number of ether oxygens (including phenoxy) is 1. The van der Waals surface area contributed by atoms with Gasteiger partial charge in [-0.2, -0.15) is 0 Å². The number of thioether (sulfide) groups is 1. The standard InChI is InChI=1S/C20H20Cl2N4O2S2/c21-15-6-7-17(22)18(14-15)30(27)13-12-29-20-24-23-19(25-8-10-28-11-9-25)26(20)16-4-2-1-3-5-16/h1-7,14H,8-13H2. The molecule has 1 saturated heterocycles. The smallest absolute Gasteiger partial charge is 0.232 e. The van der Waals surface area contributed by atoms with Crippen molar-refractivity contribution in [3.8, 4) is 5.69 Å². The molecule has 1 atom stereocenters. The van der Waals surface area contributed by atoms with Gasteiger partial charge in [-0.3, -0.25) is 8.78 Å². The molecule has 3 aromatic rings. The number of morpholine rings is 1. The van der Waals surface area contributed by atoms with Crippen molar-refractivity contribution in [1.29, 1.82) is 0 Å². The van der Waals surface area contributed by atoms with E-state index in [1.165, 1.54) is 11.8 Å². The van der Waals surface area contributed by atoms with E-state index in [0.29, 0.717) is 39.7 Å². The summed E-state index contributed by atoms with van der Waals surface area (Å²) in [6, 6.07) is 15.0. The highest BCUT2D eigenvalue weighted by Gasteiger charge is 2.22. The zero-order valence-corrected chi connectivity index (χ0v) is 19.2. The number of hydrogen-bond acceptors (Lipinski definition) is 6. The average molecular weight is 483 g/mol. The molecule has 0 bridgehead atoms. The molecule has 1 aromatic heterocycles. The van der Waals surface area contributed by atoms with Crippen LogP contribution in [0.2, 0.25) is 10.0 Å². The second-order valence-electron chi connectivity index (χ2n) is 6.53. The molecule has 158 valence electrons. The maximum absolute atomic E-state index is 12.7. The first kappa shape index (κ1) is 21.6. The molecule has 10 heteroatoms. The van der Waals surface area contributed by atoms with Crippen LogP contribution in [0.15, 0.2) is 58.6 Å². The van der Waals surface area contributed by atoms with Crippen molar-refractivity contribution in [2.45, 2.75) is 10.1 Å². The third-order valence-electron chi connectivity index (χ3n) is 4.56. The first-order chi connectivity index (χ1) is 14.6. The molecule has 1 fully saturated rings. The fourth-order valence-electron chi connectivity index (χ4n) is 3.10. The highest BCUT2D eigenvalue weighted by atomic mass is 35.5. The minimum absolute atomic E-state index is 0.430. The second kappa shape index (κ2) is 10.2. The number of para-hydroxylation sites is 1. The van der Waals surface area contributed by atoms with Crippen LogP contribution in [0.5, 0.6) is 0 Å². The predicted octanol–water partition coefficient (Wildman–Crippen LogP) is 4.31. The largest absolute Gasteiger partial charge is 0.378 e. The molecule has 0 radical (unpaired) electrons. The first-order valence-corrected chi connectivity index (χ1v) is 12.5. The molecular formula is C20H20Cl2N4O2S2. The third kappa shape index (κ3) is 5.00. The summed E-state index contributed by atoms with van der Waals surface area (Å²) in [6.07, 6.45) is 0. The van der Waals surface area contributed by atoms with E-state index in [1.54, 1.807) is 18.2 Å². The van der Waals surface area contributed by atoms with Crippen molar-refractivity contribution < 1.29 is 8.95 Å². The van der Waals surface area contributed by atoms with Crippen molar-refractivity contribution in [1.82, 2.24) is 14.8 Å². The fraction of sp³-hybridized carbons (Fsp3) is 0.300. The Morgan fingerprint density at radius 3 is 2.60 bits per heavy atom. The molecule has 0 spiro atoms. The van der Waals surface area contributed by atoms with Crippen LogP contribution in [-0.4, -0.2) is 56.8 Å². The number of anilines is 1. The number of aromatic nitrogens is 3. The van der Waals surface area contributed by atoms with Crippen molar-refractivity contribution in [3.63, 3.8) is 0 Å². The Labute approximate surface area is 192 Å². The van der Waals surface area contributed by atoms with Crippen LogP contribution in [-0.2, 0) is 15.5 Å². The average Bonchev–Trinajstić information content (AvgIpc) is 3.20. The molecule has 0 N–H and O–H groups in total. The zero-order chi connectivity index (χ0) is 20.9. The van der Waals surface area contributed by atoms with Gasteiger partial charge in [0.15, 0.2) is 5.16 Å². The quantitative estimate of drug-likeness (QED) is 0.467. The summed E-state index contributed by atoms with van der Waals surface area (Å²) in [6.45, 7) is 2.88. The van der Waals surface area contributed by atoms with Crippen LogP contribution in [0, 0.1) is 0 Å². The number of hydrogen-bond donors (Lipinski definition) is 0. The summed E-state index contributed by atoms with van der Waals surface area (Å²) in [5.74, 6) is 1.83. The molecule has 30 heavy (non-hydrogen) atoms. The second-order valence-corrected chi connectivity index (χ2v) is 9.97. The van der Waals surface area contributed by atoms with Crippen LogP contribution in [0.25, 0.3) is 5.69 Å². The maximum Gasteiger partial charge on any atom is 0.232 e. The number of halogens is 2. The van der Waals surface area contributed by atoms with Gasteiger partial charge >= 0.3 is 0 Å². The summed E-state index contributed by atoms with van der Waals surface area (Å²) in [4.78, 5) is 2.74. The van der Waals surface area contributed by atoms with Gasteiger partial charge in [-0.05, 0) is 30.3 Å². The molecular weight excluding hydrogens is 463 g/mol. The van der Waals surface area contributed by atoms with Crippen molar-refractivity contribution in [3.05, 3.63) is 58.6 Å². The number of rotatable bonds is 7. The Bertz CT molecular complexity index is 1030. The predicted molar refractivity (Wildman–Crippen MR) is 123 cm³/mol. The molecule has 1 aliphatic heterocycles. The van der Waals surface area contributed by atoms with Crippen LogP contribution in [0.4, 0.5) is 5.95 Å². The highest BCUT2D eigenvalue weighted by Crippen LogP contribution is 2.28. The summed E-state index contributed by atoms with van der Waals surface area (Å²) in [7, 11) is -1.25. The fourth-order valence-corrected chi connectivity index (χ4v) is 6.01. The Morgan fingerprint density at radius 2 is 1.83 bits per heavy atom. The van der Waals surface area contributed by atoms with Gasteiger partial charge in [0.25, 0.3) is 0 Å². The van der Waals surface area contributed by atoms with Crippen LogP contribution < -0.4 is 4.90 Å². The topological polar surface area (TPSA) is 60.3 Å². The van der Waals surface area contributed by atoms with E-state index in [1.807, 2.05) is 34.9 Å². The molecule has 1 aliphatic rings. The van der Waals surface area contributed by atoms with E-state index >= 15 is 0 Å². The van der Waals surface area contributed by atoms with E-state index < -0.39 is 10.8 Å². The molecule has 6 nitrogen and oxygen atoms in total. The molecule has 2 aromatic carbocycles.